The van der Waals surface area contributed by atoms with Crippen molar-refractivity contribution >= 4 is 11.9 Å². The van der Waals surface area contributed by atoms with Crippen LogP contribution in [0.3, 0.4) is 0 Å². The van der Waals surface area contributed by atoms with Gasteiger partial charge in [0.25, 0.3) is 0 Å². The van der Waals surface area contributed by atoms with Crippen molar-refractivity contribution in [2.24, 2.45) is 0 Å². The number of carbonyl (C=O) groups excluding carboxylic acids is 1. The first-order valence-corrected chi connectivity index (χ1v) is 6.06. The van der Waals surface area contributed by atoms with E-state index in [1.165, 1.54) is 25.3 Å². The third-order valence-corrected chi connectivity index (χ3v) is 3.11. The van der Waals surface area contributed by atoms with Gasteiger partial charge in [-0.05, 0) is 41.8 Å². The maximum absolute atomic E-state index is 11.8. The number of methoxy groups -OCH3 is 1. The van der Waals surface area contributed by atoms with Gasteiger partial charge in [0.05, 0.1) is 18.2 Å². The molecule has 2 aromatic carbocycles. The van der Waals surface area contributed by atoms with Crippen LogP contribution >= 0.6 is 0 Å². The number of rotatable bonds is 3. The van der Waals surface area contributed by atoms with Gasteiger partial charge in [0, 0.05) is 0 Å². The van der Waals surface area contributed by atoms with E-state index in [1.54, 1.807) is 0 Å². The third kappa shape index (κ3) is 2.54. The molecule has 2 aromatic rings. The summed E-state index contributed by atoms with van der Waals surface area (Å²) in [5.74, 6) is -1.52. The number of aromatic carboxylic acids is 1. The molecule has 0 amide bonds. The molecule has 4 heteroatoms. The number of carbonyl (C=O) groups is 2. The molecule has 1 N–H and O–H groups in total. The van der Waals surface area contributed by atoms with Crippen LogP contribution in [0.25, 0.3) is 11.1 Å². The maximum atomic E-state index is 11.8. The number of esters is 1. The van der Waals surface area contributed by atoms with Crippen molar-refractivity contribution in [2.75, 3.05) is 7.11 Å². The van der Waals surface area contributed by atoms with Gasteiger partial charge in [-0.2, -0.15) is 0 Å². The Labute approximate surface area is 116 Å². The summed E-state index contributed by atoms with van der Waals surface area (Å²) in [5, 5.41) is 9.10. The lowest BCUT2D eigenvalue weighted by Gasteiger charge is -2.11. The normalized spacial score (nSPS) is 10.1. The second-order valence-electron chi connectivity index (χ2n) is 4.37. The summed E-state index contributed by atoms with van der Waals surface area (Å²) >= 11 is 0. The zero-order valence-electron chi connectivity index (χ0n) is 11.2. The number of benzene rings is 2. The second-order valence-corrected chi connectivity index (χ2v) is 4.37. The minimum Gasteiger partial charge on any atom is -0.478 e. The summed E-state index contributed by atoms with van der Waals surface area (Å²) in [5.41, 5.74) is 2.83. The number of carboxylic acid groups (broad SMARTS) is 1. The molecule has 0 aromatic heterocycles. The molecule has 0 atom stereocenters. The maximum Gasteiger partial charge on any atom is 0.338 e. The first kappa shape index (κ1) is 13.8. The van der Waals surface area contributed by atoms with Crippen molar-refractivity contribution in [3.05, 3.63) is 59.2 Å². The molecule has 0 unspecified atom stereocenters. The van der Waals surface area contributed by atoms with Crippen LogP contribution in [0, 0.1) is 6.92 Å². The van der Waals surface area contributed by atoms with E-state index in [0.29, 0.717) is 11.1 Å². The second kappa shape index (κ2) is 5.57. The van der Waals surface area contributed by atoms with Gasteiger partial charge in [0.15, 0.2) is 0 Å². The van der Waals surface area contributed by atoms with E-state index in [4.69, 9.17) is 9.84 Å². The fourth-order valence-electron chi connectivity index (χ4n) is 2.06. The molecule has 0 heterocycles. The molecule has 102 valence electrons. The van der Waals surface area contributed by atoms with Crippen molar-refractivity contribution in [3.8, 4) is 11.1 Å². The largest absolute Gasteiger partial charge is 0.478 e. The Hall–Kier alpha value is -2.62. The lowest BCUT2D eigenvalue weighted by atomic mass is 9.94. The highest BCUT2D eigenvalue weighted by molar-refractivity contribution is 6.00. The average Bonchev–Trinajstić information content (AvgIpc) is 2.46. The summed E-state index contributed by atoms with van der Waals surface area (Å²) < 4.78 is 4.75. The highest BCUT2D eigenvalue weighted by Crippen LogP contribution is 2.28. The first-order valence-electron chi connectivity index (χ1n) is 6.06. The van der Waals surface area contributed by atoms with Crippen LogP contribution in [-0.2, 0) is 4.74 Å². The van der Waals surface area contributed by atoms with Crippen LogP contribution in [0.15, 0.2) is 42.5 Å². The molecular formula is C16H14O4. The van der Waals surface area contributed by atoms with E-state index < -0.39 is 11.9 Å². The van der Waals surface area contributed by atoms with Crippen molar-refractivity contribution in [3.63, 3.8) is 0 Å². The summed E-state index contributed by atoms with van der Waals surface area (Å²) in [6.07, 6.45) is 0. The lowest BCUT2D eigenvalue weighted by molar-refractivity contribution is 0.0599. The molecule has 0 aliphatic carbocycles. The summed E-state index contributed by atoms with van der Waals surface area (Å²) in [6.45, 7) is 1.91. The highest BCUT2D eigenvalue weighted by Gasteiger charge is 2.17. The van der Waals surface area contributed by atoms with Crippen LogP contribution in [0.2, 0.25) is 0 Å². The summed E-state index contributed by atoms with van der Waals surface area (Å²) in [7, 11) is 1.30. The Morgan fingerprint density at radius 1 is 1.05 bits per heavy atom. The number of hydrogen-bond donors (Lipinski definition) is 1. The van der Waals surface area contributed by atoms with Crippen LogP contribution in [0.4, 0.5) is 0 Å². The molecule has 0 saturated carbocycles. The van der Waals surface area contributed by atoms with Crippen molar-refractivity contribution in [1.82, 2.24) is 0 Å². The Morgan fingerprint density at radius 3 is 2.35 bits per heavy atom. The third-order valence-electron chi connectivity index (χ3n) is 3.11. The van der Waals surface area contributed by atoms with Gasteiger partial charge in [0.2, 0.25) is 0 Å². The fraction of sp³-hybridized carbons (Fsp3) is 0.125. The topological polar surface area (TPSA) is 63.6 Å². The predicted octanol–water partition coefficient (Wildman–Crippen LogP) is 3.15. The van der Waals surface area contributed by atoms with Crippen LogP contribution in [-0.4, -0.2) is 24.2 Å². The average molecular weight is 270 g/mol. The van der Waals surface area contributed by atoms with E-state index in [9.17, 15) is 9.59 Å². The minimum atomic E-state index is -1.03. The molecule has 0 radical (unpaired) electrons. The number of hydrogen-bond acceptors (Lipinski definition) is 3. The molecule has 4 nitrogen and oxygen atoms in total. The van der Waals surface area contributed by atoms with Crippen molar-refractivity contribution < 1.29 is 19.4 Å². The highest BCUT2D eigenvalue weighted by atomic mass is 16.5. The van der Waals surface area contributed by atoms with Gasteiger partial charge in [-0.25, -0.2) is 9.59 Å². The minimum absolute atomic E-state index is 0.135. The molecule has 0 spiro atoms. The van der Waals surface area contributed by atoms with Crippen molar-refractivity contribution in [1.29, 1.82) is 0 Å². The Morgan fingerprint density at radius 2 is 1.75 bits per heavy atom. The predicted molar refractivity (Wildman–Crippen MR) is 74.9 cm³/mol. The smallest absolute Gasteiger partial charge is 0.338 e. The monoisotopic (exact) mass is 270 g/mol. The van der Waals surface area contributed by atoms with E-state index >= 15 is 0 Å². The SMILES string of the molecule is COC(=O)c1ccc(C(=O)O)cc1-c1ccccc1C. The molecule has 0 fully saturated rings. The van der Waals surface area contributed by atoms with Gasteiger partial charge in [-0.3, -0.25) is 0 Å². The molecule has 0 saturated heterocycles. The van der Waals surface area contributed by atoms with Gasteiger partial charge in [-0.15, -0.1) is 0 Å². The summed E-state index contributed by atoms with van der Waals surface area (Å²) in [4.78, 5) is 22.9. The molecule has 0 bridgehead atoms. The Balaban J connectivity index is 2.70. The van der Waals surface area contributed by atoms with Gasteiger partial charge >= 0.3 is 11.9 Å². The molecule has 0 aliphatic heterocycles. The zero-order valence-corrected chi connectivity index (χ0v) is 11.2. The fourth-order valence-corrected chi connectivity index (χ4v) is 2.06. The van der Waals surface area contributed by atoms with Crippen LogP contribution < -0.4 is 0 Å². The van der Waals surface area contributed by atoms with Crippen LogP contribution in [0.5, 0.6) is 0 Å². The molecule has 0 aliphatic rings. The van der Waals surface area contributed by atoms with Crippen molar-refractivity contribution in [2.45, 2.75) is 6.92 Å². The molecular weight excluding hydrogens is 256 g/mol. The van der Waals surface area contributed by atoms with E-state index in [2.05, 4.69) is 0 Å². The van der Waals surface area contributed by atoms with Crippen LogP contribution in [0.1, 0.15) is 26.3 Å². The zero-order chi connectivity index (χ0) is 14.7. The van der Waals surface area contributed by atoms with E-state index in [0.717, 1.165) is 11.1 Å². The first-order chi connectivity index (χ1) is 9.54. The Bertz CT molecular complexity index is 674. The van der Waals surface area contributed by atoms with Gasteiger partial charge < -0.3 is 9.84 Å². The number of carboxylic acids is 1. The molecule has 2 rings (SSSR count). The van der Waals surface area contributed by atoms with E-state index in [1.807, 2.05) is 31.2 Å². The van der Waals surface area contributed by atoms with Gasteiger partial charge in [0.1, 0.15) is 0 Å². The quantitative estimate of drug-likeness (QED) is 0.870. The lowest BCUT2D eigenvalue weighted by Crippen LogP contribution is -2.06. The molecule has 20 heavy (non-hydrogen) atoms. The van der Waals surface area contributed by atoms with Gasteiger partial charge in [-0.1, -0.05) is 24.3 Å². The number of aryl methyl sites for hydroxylation is 1. The summed E-state index contributed by atoms with van der Waals surface area (Å²) in [6, 6.07) is 11.9. The van der Waals surface area contributed by atoms with E-state index in [-0.39, 0.29) is 5.56 Å². The standard InChI is InChI=1S/C16H14O4/c1-10-5-3-4-6-12(10)14-9-11(15(17)18)7-8-13(14)16(19)20-2/h3-9H,1-2H3,(H,17,18). The Kier molecular flexibility index (Phi) is 3.84. The number of ether oxygens (including phenoxy) is 1.